The summed E-state index contributed by atoms with van der Waals surface area (Å²) >= 11 is 0. The summed E-state index contributed by atoms with van der Waals surface area (Å²) in [5.74, 6) is 1.06. The lowest BCUT2D eigenvalue weighted by Gasteiger charge is -2.52. The van der Waals surface area contributed by atoms with E-state index in [0.29, 0.717) is 23.0 Å². The van der Waals surface area contributed by atoms with Crippen molar-refractivity contribution in [3.05, 3.63) is 49.1 Å². The van der Waals surface area contributed by atoms with Gasteiger partial charge in [-0.05, 0) is 50.1 Å². The fourth-order valence-corrected chi connectivity index (χ4v) is 5.02. The van der Waals surface area contributed by atoms with Crippen LogP contribution in [0.5, 0.6) is 5.75 Å². The lowest BCUT2D eigenvalue weighted by atomic mass is 9.74. The van der Waals surface area contributed by atoms with Gasteiger partial charge in [-0.15, -0.1) is 10.2 Å². The number of phenols is 1. The topological polar surface area (TPSA) is 70.3 Å². The zero-order valence-electron chi connectivity index (χ0n) is 17.1. The van der Waals surface area contributed by atoms with Crippen LogP contribution in [0.15, 0.2) is 49.1 Å². The van der Waals surface area contributed by atoms with Gasteiger partial charge in [-0.2, -0.15) is 0 Å². The maximum Gasteiger partial charge on any atom is 0.151 e. The molecule has 4 heterocycles. The summed E-state index contributed by atoms with van der Waals surface area (Å²) in [5.41, 5.74) is 1.98. The quantitative estimate of drug-likeness (QED) is 0.716. The van der Waals surface area contributed by atoms with Crippen molar-refractivity contribution in [2.24, 2.45) is 5.92 Å². The number of hydrogen-bond donors (Lipinski definition) is 1. The second kappa shape index (κ2) is 7.36. The number of halogens is 1. The van der Waals surface area contributed by atoms with Gasteiger partial charge < -0.3 is 19.5 Å². The van der Waals surface area contributed by atoms with Crippen LogP contribution >= 0.6 is 0 Å². The molecule has 8 heteroatoms. The van der Waals surface area contributed by atoms with Crippen LogP contribution < -0.4 is 4.90 Å². The fraction of sp³-hybridized carbons (Fsp3) is 0.409. The first kappa shape index (κ1) is 19.0. The Balaban J connectivity index is 1.37. The number of aromatic nitrogens is 4. The largest absolute Gasteiger partial charge is 0.507 e. The Morgan fingerprint density at radius 3 is 2.67 bits per heavy atom. The van der Waals surface area contributed by atoms with E-state index < -0.39 is 6.17 Å². The summed E-state index contributed by atoms with van der Waals surface area (Å²) in [6.45, 7) is 0.919. The molecule has 2 saturated heterocycles. The molecule has 6 rings (SSSR count). The zero-order valence-corrected chi connectivity index (χ0v) is 17.1. The van der Waals surface area contributed by atoms with Gasteiger partial charge in [-0.3, -0.25) is 0 Å². The van der Waals surface area contributed by atoms with Crippen LogP contribution in [-0.4, -0.2) is 68.7 Å². The highest BCUT2D eigenvalue weighted by Crippen LogP contribution is 2.39. The molecule has 2 aromatic heterocycles. The van der Waals surface area contributed by atoms with Gasteiger partial charge in [0.05, 0.1) is 23.8 Å². The average molecular weight is 408 g/mol. The second-order valence-corrected chi connectivity index (χ2v) is 8.34. The van der Waals surface area contributed by atoms with Crippen molar-refractivity contribution in [3.63, 3.8) is 0 Å². The molecule has 3 fully saturated rings. The maximum atomic E-state index is 15.1. The molecule has 3 aromatic rings. The molecule has 0 spiro atoms. The second-order valence-electron chi connectivity index (χ2n) is 8.34. The Morgan fingerprint density at radius 2 is 2.03 bits per heavy atom. The van der Waals surface area contributed by atoms with E-state index in [9.17, 15) is 5.11 Å². The Morgan fingerprint density at radius 1 is 1.17 bits per heavy atom. The summed E-state index contributed by atoms with van der Waals surface area (Å²) in [6.07, 6.45) is 6.25. The van der Waals surface area contributed by atoms with Crippen LogP contribution in [0.1, 0.15) is 12.8 Å². The summed E-state index contributed by atoms with van der Waals surface area (Å²) in [6, 6.07) is 8.85. The van der Waals surface area contributed by atoms with Crippen LogP contribution in [0.25, 0.3) is 16.9 Å². The van der Waals surface area contributed by atoms with Crippen molar-refractivity contribution < 1.29 is 9.50 Å². The van der Waals surface area contributed by atoms with Crippen molar-refractivity contribution in [1.29, 1.82) is 0 Å². The van der Waals surface area contributed by atoms with E-state index in [1.165, 1.54) is 0 Å². The minimum atomic E-state index is -0.895. The van der Waals surface area contributed by atoms with Gasteiger partial charge >= 0.3 is 0 Å². The number of imidazole rings is 1. The molecule has 2 bridgehead atoms. The number of benzene rings is 1. The van der Waals surface area contributed by atoms with Gasteiger partial charge in [-0.25, -0.2) is 9.37 Å². The van der Waals surface area contributed by atoms with Crippen LogP contribution in [0.4, 0.5) is 10.2 Å². The van der Waals surface area contributed by atoms with Crippen LogP contribution in [-0.2, 0) is 0 Å². The third-order valence-corrected chi connectivity index (χ3v) is 6.62. The molecule has 1 saturated carbocycles. The summed E-state index contributed by atoms with van der Waals surface area (Å²) in [4.78, 5) is 8.11. The number of piperidine rings is 2. The summed E-state index contributed by atoms with van der Waals surface area (Å²) in [5, 5.41) is 19.2. The maximum absolute atomic E-state index is 15.1. The van der Waals surface area contributed by atoms with E-state index in [-0.39, 0.29) is 17.8 Å². The lowest BCUT2D eigenvalue weighted by molar-refractivity contribution is -0.0177. The molecule has 2 aliphatic heterocycles. The highest BCUT2D eigenvalue weighted by Gasteiger charge is 2.48. The predicted molar refractivity (Wildman–Crippen MR) is 112 cm³/mol. The molecular formula is C22H25FN6O. The van der Waals surface area contributed by atoms with E-state index in [2.05, 4.69) is 20.1 Å². The Hall–Kier alpha value is -3.00. The summed E-state index contributed by atoms with van der Waals surface area (Å²) in [7, 11) is 3.91. The van der Waals surface area contributed by atoms with Crippen LogP contribution in [0.3, 0.4) is 0 Å². The number of anilines is 1. The molecular weight excluding hydrogens is 383 g/mol. The van der Waals surface area contributed by atoms with Gasteiger partial charge in [0, 0.05) is 43.7 Å². The number of phenolic OH excluding ortho intramolecular Hbond substituents is 1. The Bertz CT molecular complexity index is 1020. The predicted octanol–water partition coefficient (Wildman–Crippen LogP) is 2.90. The molecule has 1 aliphatic carbocycles. The lowest BCUT2D eigenvalue weighted by Crippen LogP contribution is -2.64. The van der Waals surface area contributed by atoms with Gasteiger partial charge in [0.25, 0.3) is 0 Å². The number of rotatable bonds is 4. The molecule has 1 N–H and O–H groups in total. The van der Waals surface area contributed by atoms with Crippen LogP contribution in [0, 0.1) is 5.92 Å². The first-order valence-corrected chi connectivity index (χ1v) is 10.3. The van der Waals surface area contributed by atoms with Crippen molar-refractivity contribution in [1.82, 2.24) is 24.6 Å². The van der Waals surface area contributed by atoms with Crippen LogP contribution in [0.2, 0.25) is 0 Å². The third-order valence-electron chi connectivity index (χ3n) is 6.62. The highest BCUT2D eigenvalue weighted by molar-refractivity contribution is 5.69. The summed E-state index contributed by atoms with van der Waals surface area (Å²) < 4.78 is 16.9. The monoisotopic (exact) mass is 408 g/mol. The Kier molecular flexibility index (Phi) is 4.66. The van der Waals surface area contributed by atoms with Gasteiger partial charge in [0.1, 0.15) is 11.9 Å². The molecule has 4 atom stereocenters. The molecule has 3 aliphatic rings. The first-order valence-electron chi connectivity index (χ1n) is 10.3. The molecule has 0 amide bonds. The highest BCUT2D eigenvalue weighted by atomic mass is 19.1. The number of aromatic hydroxyl groups is 1. The number of nitrogens with zero attached hydrogens (tertiary/aromatic N) is 6. The van der Waals surface area contributed by atoms with Crippen molar-refractivity contribution >= 4 is 5.82 Å². The average Bonchev–Trinajstić information content (AvgIpc) is 3.29. The van der Waals surface area contributed by atoms with E-state index in [4.69, 9.17) is 0 Å². The van der Waals surface area contributed by atoms with Crippen molar-refractivity contribution in [3.8, 4) is 22.7 Å². The Labute approximate surface area is 174 Å². The minimum Gasteiger partial charge on any atom is -0.507 e. The number of alkyl halides is 1. The molecule has 0 radical (unpaired) electrons. The molecule has 1 aromatic carbocycles. The number of fused-ring (bicyclic) bond motifs is 3. The molecule has 7 nitrogen and oxygen atoms in total. The molecule has 156 valence electrons. The zero-order chi connectivity index (χ0) is 20.8. The van der Waals surface area contributed by atoms with Crippen molar-refractivity contribution in [2.45, 2.75) is 31.1 Å². The van der Waals surface area contributed by atoms with E-state index in [1.54, 1.807) is 18.6 Å². The van der Waals surface area contributed by atoms with E-state index in [1.807, 2.05) is 54.0 Å². The number of hydrogen-bond acceptors (Lipinski definition) is 6. The fourth-order valence-electron chi connectivity index (χ4n) is 5.02. The minimum absolute atomic E-state index is 0.0133. The van der Waals surface area contributed by atoms with Gasteiger partial charge in [0.15, 0.2) is 5.82 Å². The smallest absolute Gasteiger partial charge is 0.151 e. The SMILES string of the molecule is CN1C[C@H]2CCC1C(F)C2N(C)c1ccc(-c2ccc(-n3ccnc3)cc2O)nn1. The standard InChI is InChI=1S/C22H25FN6O/c1-27-12-14-3-7-18(27)21(23)22(14)28(2)20-8-6-17(25-26-20)16-5-4-15(11-19(16)30)29-10-9-24-13-29/h4-6,8-11,13-14,18,21-22,30H,3,7,12H2,1-2H3/t14-,18?,21?,22?/m1/s1. The van der Waals surface area contributed by atoms with Gasteiger partial charge in [0.2, 0.25) is 0 Å². The van der Waals surface area contributed by atoms with E-state index in [0.717, 1.165) is 25.1 Å². The van der Waals surface area contributed by atoms with Gasteiger partial charge in [-0.1, -0.05) is 0 Å². The molecule has 30 heavy (non-hydrogen) atoms. The normalized spacial score (nSPS) is 26.1. The van der Waals surface area contributed by atoms with E-state index >= 15 is 4.39 Å². The molecule has 3 unspecified atom stereocenters. The first-order chi connectivity index (χ1) is 14.5. The third kappa shape index (κ3) is 3.11. The van der Waals surface area contributed by atoms with Crippen molar-refractivity contribution in [2.75, 3.05) is 25.5 Å².